The SMILES string of the molecule is O=c1ccn([C@@H]2O[C@H](COCc3ccccc3)[C@H](OCc3ccccc3)[C@H]2O)c(=O)[nH]1. The predicted octanol–water partition coefficient (Wildman–Crippen LogP) is 1.60. The van der Waals surface area contributed by atoms with Gasteiger partial charge in [0, 0.05) is 12.3 Å². The predicted molar refractivity (Wildman–Crippen MR) is 112 cm³/mol. The number of aliphatic hydroxyl groups is 1. The first kappa shape index (κ1) is 21.2. The summed E-state index contributed by atoms with van der Waals surface area (Å²) in [6, 6.07) is 20.5. The number of rotatable bonds is 8. The largest absolute Gasteiger partial charge is 0.386 e. The molecule has 3 aromatic rings. The van der Waals surface area contributed by atoms with E-state index in [1.54, 1.807) is 0 Å². The molecule has 0 aliphatic carbocycles. The van der Waals surface area contributed by atoms with E-state index in [4.69, 9.17) is 14.2 Å². The molecule has 8 nitrogen and oxygen atoms in total. The highest BCUT2D eigenvalue weighted by Crippen LogP contribution is 2.31. The maximum absolute atomic E-state index is 12.2. The van der Waals surface area contributed by atoms with E-state index in [0.29, 0.717) is 6.61 Å². The van der Waals surface area contributed by atoms with Gasteiger partial charge in [-0.05, 0) is 11.1 Å². The smallest absolute Gasteiger partial charge is 0.330 e. The highest BCUT2D eigenvalue weighted by atomic mass is 16.6. The van der Waals surface area contributed by atoms with Crippen LogP contribution in [0.15, 0.2) is 82.5 Å². The molecule has 1 saturated heterocycles. The van der Waals surface area contributed by atoms with Gasteiger partial charge in [-0.3, -0.25) is 14.3 Å². The maximum Gasteiger partial charge on any atom is 0.330 e. The van der Waals surface area contributed by atoms with E-state index in [1.165, 1.54) is 12.3 Å². The van der Waals surface area contributed by atoms with Crippen molar-refractivity contribution in [2.24, 2.45) is 0 Å². The molecule has 4 rings (SSSR count). The molecule has 0 saturated carbocycles. The Morgan fingerprint density at radius 2 is 1.58 bits per heavy atom. The lowest BCUT2D eigenvalue weighted by molar-refractivity contribution is -0.0833. The van der Waals surface area contributed by atoms with Gasteiger partial charge in [0.1, 0.15) is 18.3 Å². The van der Waals surface area contributed by atoms with Crippen LogP contribution in [0, 0.1) is 0 Å². The monoisotopic (exact) mass is 424 g/mol. The van der Waals surface area contributed by atoms with Gasteiger partial charge in [0.15, 0.2) is 6.23 Å². The third-order valence-electron chi connectivity index (χ3n) is 5.11. The quantitative estimate of drug-likeness (QED) is 0.569. The van der Waals surface area contributed by atoms with Crippen LogP contribution < -0.4 is 11.2 Å². The Bertz CT molecular complexity index is 1080. The minimum absolute atomic E-state index is 0.167. The summed E-state index contributed by atoms with van der Waals surface area (Å²) in [5.74, 6) is 0. The molecule has 0 spiro atoms. The fourth-order valence-electron chi connectivity index (χ4n) is 3.55. The Balaban J connectivity index is 1.49. The second-order valence-corrected chi connectivity index (χ2v) is 7.34. The van der Waals surface area contributed by atoms with Gasteiger partial charge in [0.05, 0.1) is 19.8 Å². The number of nitrogens with one attached hydrogen (secondary N) is 1. The number of benzene rings is 2. The Hall–Kier alpha value is -3.04. The molecule has 4 atom stereocenters. The van der Waals surface area contributed by atoms with Crippen LogP contribution in [0.2, 0.25) is 0 Å². The van der Waals surface area contributed by atoms with E-state index in [2.05, 4.69) is 4.98 Å². The molecule has 0 bridgehead atoms. The molecule has 162 valence electrons. The fraction of sp³-hybridized carbons (Fsp3) is 0.304. The molecular weight excluding hydrogens is 400 g/mol. The molecule has 31 heavy (non-hydrogen) atoms. The number of hydrogen-bond acceptors (Lipinski definition) is 6. The van der Waals surface area contributed by atoms with Gasteiger partial charge in [-0.2, -0.15) is 0 Å². The van der Waals surface area contributed by atoms with Gasteiger partial charge in [0.2, 0.25) is 0 Å². The summed E-state index contributed by atoms with van der Waals surface area (Å²) in [7, 11) is 0. The third-order valence-corrected chi connectivity index (χ3v) is 5.11. The average molecular weight is 424 g/mol. The zero-order chi connectivity index (χ0) is 21.6. The lowest BCUT2D eigenvalue weighted by Crippen LogP contribution is -2.39. The summed E-state index contributed by atoms with van der Waals surface area (Å²) in [5, 5.41) is 10.9. The highest BCUT2D eigenvalue weighted by Gasteiger charge is 2.46. The number of aromatic amines is 1. The van der Waals surface area contributed by atoms with Crippen LogP contribution in [0.4, 0.5) is 0 Å². The number of H-pyrrole nitrogens is 1. The molecule has 1 aromatic heterocycles. The summed E-state index contributed by atoms with van der Waals surface area (Å²) in [4.78, 5) is 25.8. The Morgan fingerprint density at radius 1 is 0.935 bits per heavy atom. The molecule has 0 amide bonds. The summed E-state index contributed by atoms with van der Waals surface area (Å²) in [5.41, 5.74) is 0.775. The van der Waals surface area contributed by atoms with E-state index in [1.807, 2.05) is 60.7 Å². The first-order valence-electron chi connectivity index (χ1n) is 10.0. The van der Waals surface area contributed by atoms with Gasteiger partial charge in [0.25, 0.3) is 5.56 Å². The third kappa shape index (κ3) is 5.18. The number of ether oxygens (including phenoxy) is 3. The van der Waals surface area contributed by atoms with Crippen molar-refractivity contribution in [1.82, 2.24) is 9.55 Å². The Labute approximate surface area is 178 Å². The van der Waals surface area contributed by atoms with Crippen molar-refractivity contribution < 1.29 is 19.3 Å². The first-order chi connectivity index (χ1) is 15.1. The van der Waals surface area contributed by atoms with Gasteiger partial charge in [-0.1, -0.05) is 60.7 Å². The summed E-state index contributed by atoms with van der Waals surface area (Å²) >= 11 is 0. The number of nitrogens with zero attached hydrogens (tertiary/aromatic N) is 1. The van der Waals surface area contributed by atoms with Crippen LogP contribution in [0.25, 0.3) is 0 Å². The zero-order valence-corrected chi connectivity index (χ0v) is 16.8. The van der Waals surface area contributed by atoms with Crippen molar-refractivity contribution in [3.8, 4) is 0 Å². The lowest BCUT2D eigenvalue weighted by atomic mass is 10.1. The topological polar surface area (TPSA) is 103 Å². The van der Waals surface area contributed by atoms with Crippen LogP contribution >= 0.6 is 0 Å². The molecule has 1 aliphatic rings. The fourth-order valence-corrected chi connectivity index (χ4v) is 3.55. The number of aliphatic hydroxyl groups excluding tert-OH is 1. The minimum Gasteiger partial charge on any atom is -0.386 e. The second kappa shape index (κ2) is 9.84. The first-order valence-corrected chi connectivity index (χ1v) is 10.0. The van der Waals surface area contributed by atoms with E-state index in [9.17, 15) is 14.7 Å². The van der Waals surface area contributed by atoms with Gasteiger partial charge in [-0.15, -0.1) is 0 Å². The van der Waals surface area contributed by atoms with Crippen LogP contribution in [0.5, 0.6) is 0 Å². The molecule has 1 aliphatic heterocycles. The van der Waals surface area contributed by atoms with Crippen molar-refractivity contribution in [3.63, 3.8) is 0 Å². The van der Waals surface area contributed by atoms with Gasteiger partial charge >= 0.3 is 5.69 Å². The van der Waals surface area contributed by atoms with Gasteiger partial charge < -0.3 is 19.3 Å². The summed E-state index contributed by atoms with van der Waals surface area (Å²) in [6.07, 6.45) is -2.16. The molecule has 1 fully saturated rings. The molecule has 2 heterocycles. The lowest BCUT2D eigenvalue weighted by Gasteiger charge is -2.21. The molecular formula is C23H24N2O6. The van der Waals surface area contributed by atoms with Crippen molar-refractivity contribution in [1.29, 1.82) is 0 Å². The Morgan fingerprint density at radius 3 is 2.23 bits per heavy atom. The highest BCUT2D eigenvalue weighted by molar-refractivity contribution is 5.14. The molecule has 2 aromatic carbocycles. The van der Waals surface area contributed by atoms with Crippen LogP contribution in [0.1, 0.15) is 17.4 Å². The molecule has 2 N–H and O–H groups in total. The van der Waals surface area contributed by atoms with Gasteiger partial charge in [-0.25, -0.2) is 4.79 Å². The van der Waals surface area contributed by atoms with E-state index in [-0.39, 0.29) is 13.2 Å². The van der Waals surface area contributed by atoms with Crippen LogP contribution in [-0.2, 0) is 27.4 Å². The molecule has 0 radical (unpaired) electrons. The van der Waals surface area contributed by atoms with Crippen molar-refractivity contribution in [2.45, 2.75) is 37.8 Å². The maximum atomic E-state index is 12.2. The Kier molecular flexibility index (Phi) is 6.73. The zero-order valence-electron chi connectivity index (χ0n) is 16.8. The number of aromatic nitrogens is 2. The van der Waals surface area contributed by atoms with Crippen molar-refractivity contribution in [3.05, 3.63) is 105 Å². The second-order valence-electron chi connectivity index (χ2n) is 7.34. The summed E-state index contributed by atoms with van der Waals surface area (Å²) < 4.78 is 18.9. The number of hydrogen-bond donors (Lipinski definition) is 2. The standard InChI is InChI=1S/C23H24N2O6/c26-19-11-12-25(23(28)24-19)22-20(27)21(30-14-17-9-5-2-6-10-17)18(31-22)15-29-13-16-7-3-1-4-8-16/h1-12,18,20-22,27H,13-15H2,(H,24,26,28)/t18-,20-,21+,22-/m1/s1. The van der Waals surface area contributed by atoms with Crippen LogP contribution in [0.3, 0.4) is 0 Å². The van der Waals surface area contributed by atoms with E-state index < -0.39 is 35.8 Å². The van der Waals surface area contributed by atoms with Crippen LogP contribution in [-0.4, -0.2) is 39.6 Å². The van der Waals surface area contributed by atoms with E-state index in [0.717, 1.165) is 15.7 Å². The normalized spacial score (nSPS) is 23.1. The van der Waals surface area contributed by atoms with Crippen molar-refractivity contribution in [2.75, 3.05) is 6.61 Å². The summed E-state index contributed by atoms with van der Waals surface area (Å²) in [6.45, 7) is 0.819. The molecule has 8 heteroatoms. The minimum atomic E-state index is -1.13. The molecule has 0 unspecified atom stereocenters. The van der Waals surface area contributed by atoms with E-state index >= 15 is 0 Å². The average Bonchev–Trinajstić information content (AvgIpc) is 3.09. The van der Waals surface area contributed by atoms with Crippen molar-refractivity contribution >= 4 is 0 Å².